The van der Waals surface area contributed by atoms with Crippen LogP contribution in [0.2, 0.25) is 0 Å². The normalized spacial score (nSPS) is 15.8. The molecule has 0 saturated carbocycles. The summed E-state index contributed by atoms with van der Waals surface area (Å²) in [6, 6.07) is 13.8. The van der Waals surface area contributed by atoms with E-state index < -0.39 is 10.0 Å². The SMILES string of the molecule is CC(=O)Nc1ccc(S(=O)(=O)N2CCC(Oc3cnc4ccccc4n3)CC2)cc1. The first-order valence-electron chi connectivity index (χ1n) is 9.68. The second-order valence-electron chi connectivity index (χ2n) is 7.12. The fraction of sp³-hybridized carbons (Fsp3) is 0.286. The van der Waals surface area contributed by atoms with Crippen LogP contribution < -0.4 is 10.1 Å². The predicted octanol–water partition coefficient (Wildman–Crippen LogP) is 2.82. The van der Waals surface area contributed by atoms with Crippen molar-refractivity contribution in [2.75, 3.05) is 18.4 Å². The van der Waals surface area contributed by atoms with Crippen molar-refractivity contribution in [3.63, 3.8) is 0 Å². The molecule has 0 aliphatic carbocycles. The molecule has 1 fully saturated rings. The van der Waals surface area contributed by atoms with Gasteiger partial charge in [-0.3, -0.25) is 4.79 Å². The van der Waals surface area contributed by atoms with Gasteiger partial charge >= 0.3 is 0 Å². The summed E-state index contributed by atoms with van der Waals surface area (Å²) in [6.45, 7) is 2.13. The van der Waals surface area contributed by atoms with Gasteiger partial charge in [-0.15, -0.1) is 0 Å². The summed E-state index contributed by atoms with van der Waals surface area (Å²) in [5.41, 5.74) is 2.12. The minimum atomic E-state index is -3.60. The highest BCUT2D eigenvalue weighted by Crippen LogP contribution is 2.24. The fourth-order valence-electron chi connectivity index (χ4n) is 3.42. The highest BCUT2D eigenvalue weighted by atomic mass is 32.2. The Bertz CT molecular complexity index is 1160. The molecule has 4 rings (SSSR count). The number of benzene rings is 2. The molecule has 8 nitrogen and oxygen atoms in total. The van der Waals surface area contributed by atoms with Gasteiger partial charge in [-0.1, -0.05) is 12.1 Å². The van der Waals surface area contributed by atoms with E-state index in [4.69, 9.17) is 4.74 Å². The lowest BCUT2D eigenvalue weighted by molar-refractivity contribution is -0.114. The molecule has 0 radical (unpaired) electrons. The number of aromatic nitrogens is 2. The number of para-hydroxylation sites is 2. The number of nitrogens with zero attached hydrogens (tertiary/aromatic N) is 3. The minimum Gasteiger partial charge on any atom is -0.473 e. The van der Waals surface area contributed by atoms with Gasteiger partial charge in [0.1, 0.15) is 6.10 Å². The highest BCUT2D eigenvalue weighted by molar-refractivity contribution is 7.89. The molecule has 0 atom stereocenters. The summed E-state index contributed by atoms with van der Waals surface area (Å²) in [5, 5.41) is 2.63. The minimum absolute atomic E-state index is 0.117. The van der Waals surface area contributed by atoms with Crippen LogP contribution in [0.3, 0.4) is 0 Å². The molecule has 2 heterocycles. The molecule has 1 N–H and O–H groups in total. The van der Waals surface area contributed by atoms with Gasteiger partial charge in [-0.25, -0.2) is 18.4 Å². The molecular weight excluding hydrogens is 404 g/mol. The van der Waals surface area contributed by atoms with Crippen molar-refractivity contribution in [2.45, 2.75) is 30.8 Å². The van der Waals surface area contributed by atoms with Crippen molar-refractivity contribution in [2.24, 2.45) is 0 Å². The topological polar surface area (TPSA) is 101 Å². The van der Waals surface area contributed by atoms with E-state index >= 15 is 0 Å². The number of ether oxygens (including phenoxy) is 1. The molecule has 0 spiro atoms. The summed E-state index contributed by atoms with van der Waals surface area (Å²) < 4.78 is 33.2. The number of anilines is 1. The lowest BCUT2D eigenvalue weighted by atomic mass is 10.1. The zero-order valence-corrected chi connectivity index (χ0v) is 17.3. The van der Waals surface area contributed by atoms with Crippen LogP contribution in [-0.2, 0) is 14.8 Å². The van der Waals surface area contributed by atoms with Gasteiger partial charge in [0, 0.05) is 25.7 Å². The summed E-state index contributed by atoms with van der Waals surface area (Å²) in [5.74, 6) is 0.243. The Hall–Kier alpha value is -3.04. The van der Waals surface area contributed by atoms with Gasteiger partial charge in [0.05, 0.1) is 22.1 Å². The first kappa shape index (κ1) is 20.2. The van der Waals surface area contributed by atoms with E-state index in [2.05, 4.69) is 15.3 Å². The number of hydrogen-bond acceptors (Lipinski definition) is 6. The van der Waals surface area contributed by atoms with E-state index in [1.807, 2.05) is 24.3 Å². The number of hydrogen-bond donors (Lipinski definition) is 1. The van der Waals surface area contributed by atoms with Crippen molar-refractivity contribution in [3.8, 4) is 5.88 Å². The van der Waals surface area contributed by atoms with Crippen LogP contribution in [0.25, 0.3) is 11.0 Å². The lowest BCUT2D eigenvalue weighted by Gasteiger charge is -2.31. The van der Waals surface area contributed by atoms with E-state index in [1.54, 1.807) is 18.3 Å². The number of carbonyl (C=O) groups excluding carboxylic acids is 1. The molecule has 156 valence electrons. The second-order valence-corrected chi connectivity index (χ2v) is 9.06. The average molecular weight is 426 g/mol. The summed E-state index contributed by atoms with van der Waals surface area (Å²) in [4.78, 5) is 20.1. The van der Waals surface area contributed by atoms with Gasteiger partial charge in [0.2, 0.25) is 21.8 Å². The van der Waals surface area contributed by atoms with Gasteiger partial charge < -0.3 is 10.1 Å². The molecule has 9 heteroatoms. The number of nitrogens with one attached hydrogen (secondary N) is 1. The maximum atomic E-state index is 12.9. The Morgan fingerprint density at radius 3 is 2.40 bits per heavy atom. The quantitative estimate of drug-likeness (QED) is 0.673. The number of carbonyl (C=O) groups is 1. The number of sulfonamides is 1. The Balaban J connectivity index is 1.38. The Kier molecular flexibility index (Phi) is 5.65. The summed E-state index contributed by atoms with van der Waals surface area (Å²) in [7, 11) is -3.60. The third kappa shape index (κ3) is 4.42. The van der Waals surface area contributed by atoms with E-state index in [0.717, 1.165) is 11.0 Å². The van der Waals surface area contributed by atoms with E-state index in [0.29, 0.717) is 37.5 Å². The molecule has 1 aromatic heterocycles. The third-order valence-electron chi connectivity index (χ3n) is 4.93. The van der Waals surface area contributed by atoms with Crippen LogP contribution in [0.1, 0.15) is 19.8 Å². The number of amides is 1. The van der Waals surface area contributed by atoms with Crippen molar-refractivity contribution < 1.29 is 17.9 Å². The van der Waals surface area contributed by atoms with Crippen molar-refractivity contribution in [3.05, 3.63) is 54.7 Å². The van der Waals surface area contributed by atoms with Crippen LogP contribution in [-0.4, -0.2) is 47.8 Å². The van der Waals surface area contributed by atoms with Crippen LogP contribution in [0.15, 0.2) is 59.6 Å². The van der Waals surface area contributed by atoms with Crippen LogP contribution in [0.5, 0.6) is 5.88 Å². The number of piperidine rings is 1. The largest absolute Gasteiger partial charge is 0.473 e. The van der Waals surface area contributed by atoms with Gasteiger partial charge in [0.25, 0.3) is 0 Å². The van der Waals surface area contributed by atoms with Crippen molar-refractivity contribution >= 4 is 32.7 Å². The molecule has 1 aliphatic rings. The molecule has 1 saturated heterocycles. The number of fused-ring (bicyclic) bond motifs is 1. The maximum absolute atomic E-state index is 12.9. The zero-order valence-electron chi connectivity index (χ0n) is 16.5. The Morgan fingerprint density at radius 2 is 1.73 bits per heavy atom. The zero-order chi connectivity index (χ0) is 21.1. The standard InChI is InChI=1S/C21H22N4O4S/c1-15(26)23-16-6-8-18(9-7-16)30(27,28)25-12-10-17(11-13-25)29-21-14-22-19-4-2-3-5-20(19)24-21/h2-9,14,17H,10-13H2,1H3,(H,23,26). The molecule has 0 bridgehead atoms. The summed E-state index contributed by atoms with van der Waals surface area (Å²) >= 11 is 0. The maximum Gasteiger partial charge on any atom is 0.243 e. The first-order valence-corrected chi connectivity index (χ1v) is 11.1. The molecule has 3 aromatic rings. The highest BCUT2D eigenvalue weighted by Gasteiger charge is 2.30. The predicted molar refractivity (Wildman–Crippen MR) is 113 cm³/mol. The van der Waals surface area contributed by atoms with Gasteiger partial charge in [-0.2, -0.15) is 4.31 Å². The molecular formula is C21H22N4O4S. The molecule has 2 aromatic carbocycles. The van der Waals surface area contributed by atoms with E-state index in [9.17, 15) is 13.2 Å². The average Bonchev–Trinajstić information content (AvgIpc) is 2.74. The number of rotatable bonds is 5. The molecule has 30 heavy (non-hydrogen) atoms. The smallest absolute Gasteiger partial charge is 0.243 e. The molecule has 0 unspecified atom stereocenters. The van der Waals surface area contributed by atoms with E-state index in [-0.39, 0.29) is 16.9 Å². The molecule has 1 amide bonds. The van der Waals surface area contributed by atoms with Crippen LogP contribution in [0, 0.1) is 0 Å². The van der Waals surface area contributed by atoms with E-state index in [1.165, 1.54) is 23.4 Å². The fourth-order valence-corrected chi connectivity index (χ4v) is 4.89. The van der Waals surface area contributed by atoms with Crippen molar-refractivity contribution in [1.82, 2.24) is 14.3 Å². The first-order chi connectivity index (χ1) is 14.4. The summed E-state index contributed by atoms with van der Waals surface area (Å²) in [6.07, 6.45) is 2.62. The monoisotopic (exact) mass is 426 g/mol. The van der Waals surface area contributed by atoms with Crippen LogP contribution >= 0.6 is 0 Å². The second kappa shape index (κ2) is 8.37. The van der Waals surface area contributed by atoms with Gasteiger partial charge in [0.15, 0.2) is 0 Å². The Labute approximate surface area is 175 Å². The molecule has 1 aliphatic heterocycles. The third-order valence-corrected chi connectivity index (χ3v) is 6.84. The van der Waals surface area contributed by atoms with Gasteiger partial charge in [-0.05, 0) is 49.2 Å². The lowest BCUT2D eigenvalue weighted by Crippen LogP contribution is -2.41. The Morgan fingerprint density at radius 1 is 1.07 bits per heavy atom. The van der Waals surface area contributed by atoms with Crippen molar-refractivity contribution in [1.29, 1.82) is 0 Å². The van der Waals surface area contributed by atoms with Crippen LogP contribution in [0.4, 0.5) is 5.69 Å².